The lowest BCUT2D eigenvalue weighted by Crippen LogP contribution is -2.51. The first-order valence-corrected chi connectivity index (χ1v) is 8.21. The lowest BCUT2D eigenvalue weighted by Gasteiger charge is -2.50. The van der Waals surface area contributed by atoms with Gasteiger partial charge in [-0.1, -0.05) is 30.3 Å². The van der Waals surface area contributed by atoms with Crippen LogP contribution in [0, 0.1) is 5.41 Å². The summed E-state index contributed by atoms with van der Waals surface area (Å²) in [7, 11) is 0. The average Bonchev–Trinajstić information content (AvgIpc) is 2.49. The van der Waals surface area contributed by atoms with E-state index in [1.165, 1.54) is 44.5 Å². The fourth-order valence-electron chi connectivity index (χ4n) is 4.22. The zero-order valence-corrected chi connectivity index (χ0v) is 12.9. The summed E-state index contributed by atoms with van der Waals surface area (Å²) in [6.07, 6.45) is 4.08. The number of benzene rings is 1. The number of nitrogens with zero attached hydrogens (tertiary/aromatic N) is 1. The van der Waals surface area contributed by atoms with E-state index in [1.54, 1.807) is 0 Å². The molecule has 20 heavy (non-hydrogen) atoms. The summed E-state index contributed by atoms with van der Waals surface area (Å²) in [5.41, 5.74) is 2.08. The molecule has 0 aromatic heterocycles. The van der Waals surface area contributed by atoms with E-state index in [-0.39, 0.29) is 0 Å². The fourth-order valence-corrected chi connectivity index (χ4v) is 4.22. The zero-order valence-electron chi connectivity index (χ0n) is 12.9. The van der Waals surface area contributed by atoms with E-state index in [9.17, 15) is 0 Å². The molecule has 0 aliphatic carbocycles. The molecule has 1 aromatic rings. The molecule has 3 rings (SSSR count). The van der Waals surface area contributed by atoms with Gasteiger partial charge in [-0.3, -0.25) is 0 Å². The van der Waals surface area contributed by atoms with Crippen molar-refractivity contribution in [1.29, 1.82) is 0 Å². The van der Waals surface area contributed by atoms with Gasteiger partial charge in [-0.2, -0.15) is 0 Å². The minimum atomic E-state index is 0.540. The van der Waals surface area contributed by atoms with Gasteiger partial charge in [-0.15, -0.1) is 0 Å². The molecule has 2 fully saturated rings. The number of nitrogens with one attached hydrogen (secondary N) is 1. The van der Waals surface area contributed by atoms with Crippen molar-refractivity contribution in [3.8, 4) is 0 Å². The lowest BCUT2D eigenvalue weighted by molar-refractivity contribution is 0.0406. The lowest BCUT2D eigenvalue weighted by atomic mass is 9.62. The summed E-state index contributed by atoms with van der Waals surface area (Å²) in [4.78, 5) is 2.65. The van der Waals surface area contributed by atoms with Crippen LogP contribution in [0.5, 0.6) is 0 Å². The third-order valence-electron chi connectivity index (χ3n) is 5.61. The van der Waals surface area contributed by atoms with Gasteiger partial charge in [0.25, 0.3) is 0 Å². The molecule has 1 spiro atoms. The highest BCUT2D eigenvalue weighted by atomic mass is 15.2. The third kappa shape index (κ3) is 2.64. The number of hydrogen-bond donors (Lipinski definition) is 1. The first-order valence-electron chi connectivity index (χ1n) is 8.21. The molecule has 2 heteroatoms. The van der Waals surface area contributed by atoms with Crippen molar-refractivity contribution in [2.45, 2.75) is 45.1 Å². The Hall–Kier alpha value is -0.860. The molecule has 2 aliphatic rings. The zero-order chi connectivity index (χ0) is 14.0. The van der Waals surface area contributed by atoms with Crippen LogP contribution in [-0.2, 0) is 0 Å². The third-order valence-corrected chi connectivity index (χ3v) is 5.61. The number of likely N-dealkylation sites (tertiary alicyclic amines) is 1. The second-order valence-corrected chi connectivity index (χ2v) is 6.91. The largest absolute Gasteiger partial charge is 0.316 e. The molecule has 0 amide bonds. The van der Waals surface area contributed by atoms with Crippen LogP contribution in [-0.4, -0.2) is 37.1 Å². The maximum absolute atomic E-state index is 3.63. The van der Waals surface area contributed by atoms with Crippen LogP contribution in [0.25, 0.3) is 0 Å². The molecular formula is C18H28N2. The first kappa shape index (κ1) is 14.1. The van der Waals surface area contributed by atoms with E-state index in [0.29, 0.717) is 17.4 Å². The summed E-state index contributed by atoms with van der Waals surface area (Å²) in [5, 5.41) is 3.63. The van der Waals surface area contributed by atoms with Gasteiger partial charge >= 0.3 is 0 Å². The summed E-state index contributed by atoms with van der Waals surface area (Å²) in [5.74, 6) is 0.701. The van der Waals surface area contributed by atoms with Crippen LogP contribution >= 0.6 is 0 Å². The standard InChI is InChI=1S/C18H28N2/c1-15(2)20-12-9-18(10-13-20)8-11-19-14-17(18)16-6-4-3-5-7-16/h3-7,15,17,19H,8-14H2,1-2H3. The van der Waals surface area contributed by atoms with Crippen LogP contribution < -0.4 is 5.32 Å². The second-order valence-electron chi connectivity index (χ2n) is 6.91. The van der Waals surface area contributed by atoms with Gasteiger partial charge in [0.1, 0.15) is 0 Å². The first-order chi connectivity index (χ1) is 9.71. The van der Waals surface area contributed by atoms with E-state index >= 15 is 0 Å². The molecule has 1 atom stereocenters. The topological polar surface area (TPSA) is 15.3 Å². The quantitative estimate of drug-likeness (QED) is 0.889. The van der Waals surface area contributed by atoms with Crippen molar-refractivity contribution in [2.24, 2.45) is 5.41 Å². The predicted octanol–water partition coefficient (Wildman–Crippen LogP) is 3.25. The number of piperidine rings is 2. The second kappa shape index (κ2) is 5.87. The van der Waals surface area contributed by atoms with Crippen molar-refractivity contribution in [3.05, 3.63) is 35.9 Å². The van der Waals surface area contributed by atoms with Crippen molar-refractivity contribution in [3.63, 3.8) is 0 Å². The molecule has 110 valence electrons. The Bertz CT molecular complexity index is 418. The predicted molar refractivity (Wildman–Crippen MR) is 85.0 cm³/mol. The number of hydrogen-bond acceptors (Lipinski definition) is 2. The van der Waals surface area contributed by atoms with E-state index in [1.807, 2.05) is 0 Å². The highest BCUT2D eigenvalue weighted by Gasteiger charge is 2.43. The van der Waals surface area contributed by atoms with Crippen molar-refractivity contribution in [2.75, 3.05) is 26.2 Å². The number of rotatable bonds is 2. The Morgan fingerprint density at radius 3 is 2.45 bits per heavy atom. The van der Waals surface area contributed by atoms with Gasteiger partial charge < -0.3 is 10.2 Å². The molecule has 1 N–H and O–H groups in total. The molecule has 2 heterocycles. The molecule has 0 bridgehead atoms. The Balaban J connectivity index is 1.79. The van der Waals surface area contributed by atoms with Gasteiger partial charge in [0.15, 0.2) is 0 Å². The van der Waals surface area contributed by atoms with Crippen LogP contribution in [0.4, 0.5) is 0 Å². The molecule has 0 radical (unpaired) electrons. The van der Waals surface area contributed by atoms with Gasteiger partial charge in [0.05, 0.1) is 0 Å². The summed E-state index contributed by atoms with van der Waals surface area (Å²) >= 11 is 0. The minimum Gasteiger partial charge on any atom is -0.316 e. The van der Waals surface area contributed by atoms with Gasteiger partial charge in [-0.25, -0.2) is 0 Å². The van der Waals surface area contributed by atoms with E-state index in [2.05, 4.69) is 54.4 Å². The maximum Gasteiger partial charge on any atom is 0.00385 e. The summed E-state index contributed by atoms with van der Waals surface area (Å²) < 4.78 is 0. The van der Waals surface area contributed by atoms with Crippen molar-refractivity contribution >= 4 is 0 Å². The molecule has 2 saturated heterocycles. The van der Waals surface area contributed by atoms with Gasteiger partial charge in [0.2, 0.25) is 0 Å². The van der Waals surface area contributed by atoms with Crippen LogP contribution in [0.1, 0.15) is 44.6 Å². The maximum atomic E-state index is 3.63. The molecule has 1 aromatic carbocycles. The van der Waals surface area contributed by atoms with E-state index in [4.69, 9.17) is 0 Å². The van der Waals surface area contributed by atoms with Gasteiger partial charge in [0, 0.05) is 18.5 Å². The summed E-state index contributed by atoms with van der Waals surface area (Å²) in [6.45, 7) is 9.57. The van der Waals surface area contributed by atoms with E-state index < -0.39 is 0 Å². The Kier molecular flexibility index (Phi) is 4.13. The van der Waals surface area contributed by atoms with Crippen LogP contribution in [0.3, 0.4) is 0 Å². The summed E-state index contributed by atoms with van der Waals surface area (Å²) in [6, 6.07) is 11.9. The van der Waals surface area contributed by atoms with Crippen molar-refractivity contribution < 1.29 is 0 Å². The normalized spacial score (nSPS) is 27.1. The van der Waals surface area contributed by atoms with Crippen LogP contribution in [0.15, 0.2) is 30.3 Å². The Labute approximate surface area is 123 Å². The molecule has 2 aliphatic heterocycles. The highest BCUT2D eigenvalue weighted by Crippen LogP contribution is 2.48. The van der Waals surface area contributed by atoms with E-state index in [0.717, 1.165) is 6.54 Å². The highest BCUT2D eigenvalue weighted by molar-refractivity contribution is 5.24. The SMILES string of the molecule is CC(C)N1CCC2(CCNCC2c2ccccc2)CC1. The smallest absolute Gasteiger partial charge is 0.00385 e. The average molecular weight is 272 g/mol. The molecule has 2 nitrogen and oxygen atoms in total. The molecule has 1 unspecified atom stereocenters. The van der Waals surface area contributed by atoms with Crippen LogP contribution in [0.2, 0.25) is 0 Å². The van der Waals surface area contributed by atoms with Gasteiger partial charge in [-0.05, 0) is 63.7 Å². The minimum absolute atomic E-state index is 0.540. The fraction of sp³-hybridized carbons (Fsp3) is 0.667. The van der Waals surface area contributed by atoms with Crippen molar-refractivity contribution in [1.82, 2.24) is 10.2 Å². The molecule has 0 saturated carbocycles. The Morgan fingerprint density at radius 1 is 1.10 bits per heavy atom. The molecular weight excluding hydrogens is 244 g/mol. The monoisotopic (exact) mass is 272 g/mol. The Morgan fingerprint density at radius 2 is 1.80 bits per heavy atom.